The van der Waals surface area contributed by atoms with Crippen LogP contribution in [0.2, 0.25) is 0 Å². The largest absolute Gasteiger partial charge is 0.369 e. The second-order valence-electron chi connectivity index (χ2n) is 3.02. The van der Waals surface area contributed by atoms with Crippen molar-refractivity contribution in [3.8, 4) is 0 Å². The van der Waals surface area contributed by atoms with Crippen LogP contribution in [0.4, 0.5) is 0 Å². The van der Waals surface area contributed by atoms with Crippen molar-refractivity contribution < 1.29 is 4.79 Å². The molecule has 1 aliphatic rings. The fourth-order valence-corrected chi connectivity index (χ4v) is 1.66. The lowest BCUT2D eigenvalue weighted by molar-refractivity contribution is -0.119. The summed E-state index contributed by atoms with van der Waals surface area (Å²) in [6.07, 6.45) is 2.82. The van der Waals surface area contributed by atoms with Crippen LogP contribution in [-0.2, 0) is 4.79 Å². The first-order chi connectivity index (χ1) is 5.79. The summed E-state index contributed by atoms with van der Waals surface area (Å²) >= 11 is 0. The Bertz CT molecular complexity index is 319. The first kappa shape index (κ1) is 7.35. The number of primary amides is 1. The second kappa shape index (κ2) is 2.63. The number of hydrogen-bond donors (Lipinski definition) is 1. The van der Waals surface area contributed by atoms with E-state index in [4.69, 9.17) is 5.73 Å². The number of nitrogens with two attached hydrogens (primary N) is 1. The third kappa shape index (κ3) is 0.998. The van der Waals surface area contributed by atoms with Gasteiger partial charge in [0.2, 0.25) is 5.91 Å². The third-order valence-corrected chi connectivity index (χ3v) is 2.29. The minimum atomic E-state index is -0.226. The molecule has 0 bridgehead atoms. The number of hydrogen-bond acceptors (Lipinski definition) is 1. The monoisotopic (exact) mass is 160 g/mol. The van der Waals surface area contributed by atoms with E-state index >= 15 is 0 Å². The van der Waals surface area contributed by atoms with Gasteiger partial charge in [-0.05, 0) is 24.0 Å². The summed E-state index contributed by atoms with van der Waals surface area (Å²) in [6.45, 7) is 0. The van der Waals surface area contributed by atoms with E-state index in [2.05, 4.69) is 6.42 Å². The van der Waals surface area contributed by atoms with Crippen LogP contribution in [0.5, 0.6) is 0 Å². The Hall–Kier alpha value is -1.31. The Morgan fingerprint density at radius 2 is 2.17 bits per heavy atom. The highest BCUT2D eigenvalue weighted by Gasteiger charge is 2.25. The Morgan fingerprint density at radius 3 is 2.92 bits per heavy atom. The van der Waals surface area contributed by atoms with Crippen LogP contribution < -0.4 is 5.73 Å². The van der Waals surface area contributed by atoms with Gasteiger partial charge in [-0.1, -0.05) is 24.3 Å². The van der Waals surface area contributed by atoms with E-state index in [0.717, 1.165) is 17.5 Å². The standard InChI is InChI=1S/C10H10NO/c11-10(12)9-6-5-7-3-1-2-4-8(7)9/h1-5,9H,6H2,(H2,11,12). The smallest absolute Gasteiger partial charge is 0.224 e. The predicted molar refractivity (Wildman–Crippen MR) is 46.4 cm³/mol. The fourth-order valence-electron chi connectivity index (χ4n) is 1.66. The Kier molecular flexibility index (Phi) is 1.61. The average molecular weight is 160 g/mol. The molecule has 0 spiro atoms. The average Bonchev–Trinajstić information content (AvgIpc) is 2.47. The topological polar surface area (TPSA) is 43.1 Å². The van der Waals surface area contributed by atoms with Gasteiger partial charge in [0.1, 0.15) is 0 Å². The molecule has 1 unspecified atom stereocenters. The van der Waals surface area contributed by atoms with E-state index in [-0.39, 0.29) is 11.8 Å². The van der Waals surface area contributed by atoms with Gasteiger partial charge >= 0.3 is 0 Å². The minimum absolute atomic E-state index is 0.0961. The maximum atomic E-state index is 11.0. The van der Waals surface area contributed by atoms with Gasteiger partial charge in [-0.15, -0.1) is 0 Å². The Morgan fingerprint density at radius 1 is 1.42 bits per heavy atom. The van der Waals surface area contributed by atoms with E-state index < -0.39 is 0 Å². The molecule has 0 heterocycles. The summed E-state index contributed by atoms with van der Waals surface area (Å²) in [6, 6.07) is 7.89. The number of benzene rings is 1. The second-order valence-corrected chi connectivity index (χ2v) is 3.02. The molecular formula is C10H10NO. The lowest BCUT2D eigenvalue weighted by Crippen LogP contribution is -2.18. The van der Waals surface area contributed by atoms with Gasteiger partial charge in [0.15, 0.2) is 0 Å². The number of fused-ring (bicyclic) bond motifs is 1. The van der Waals surface area contributed by atoms with Crippen molar-refractivity contribution in [3.05, 3.63) is 41.8 Å². The van der Waals surface area contributed by atoms with E-state index in [1.54, 1.807) is 0 Å². The predicted octanol–water partition coefficient (Wildman–Crippen LogP) is 1.21. The summed E-state index contributed by atoms with van der Waals surface area (Å²) in [5, 5.41) is 0. The number of amides is 1. The van der Waals surface area contributed by atoms with Crippen LogP contribution in [0.3, 0.4) is 0 Å². The summed E-state index contributed by atoms with van der Waals surface area (Å²) in [5.74, 6) is -0.322. The van der Waals surface area contributed by atoms with Crippen LogP contribution in [0.15, 0.2) is 24.3 Å². The molecule has 0 saturated heterocycles. The Labute approximate surface area is 71.4 Å². The molecule has 61 valence electrons. The van der Waals surface area contributed by atoms with E-state index in [9.17, 15) is 4.79 Å². The molecule has 0 fully saturated rings. The highest BCUT2D eigenvalue weighted by Crippen LogP contribution is 2.33. The van der Waals surface area contributed by atoms with Crippen LogP contribution >= 0.6 is 0 Å². The molecule has 2 N–H and O–H groups in total. The Balaban J connectivity index is 2.42. The zero-order valence-corrected chi connectivity index (χ0v) is 6.66. The first-order valence-corrected chi connectivity index (χ1v) is 4.00. The van der Waals surface area contributed by atoms with Gasteiger partial charge in [0, 0.05) is 0 Å². The van der Waals surface area contributed by atoms with Crippen molar-refractivity contribution in [1.82, 2.24) is 0 Å². The van der Waals surface area contributed by atoms with Crippen LogP contribution in [-0.4, -0.2) is 5.91 Å². The maximum Gasteiger partial charge on any atom is 0.224 e. The van der Waals surface area contributed by atoms with Crippen LogP contribution in [0, 0.1) is 6.42 Å². The molecule has 2 heteroatoms. The van der Waals surface area contributed by atoms with Crippen LogP contribution in [0.25, 0.3) is 0 Å². The molecule has 1 aliphatic carbocycles. The molecule has 1 amide bonds. The maximum absolute atomic E-state index is 11.0. The molecule has 1 aromatic carbocycles. The molecular weight excluding hydrogens is 150 g/mol. The molecule has 2 nitrogen and oxygen atoms in total. The molecule has 1 atom stereocenters. The van der Waals surface area contributed by atoms with Crippen molar-refractivity contribution in [2.24, 2.45) is 5.73 Å². The normalized spacial score (nSPS) is 20.5. The summed E-state index contributed by atoms with van der Waals surface area (Å²) < 4.78 is 0. The van der Waals surface area contributed by atoms with Gasteiger partial charge < -0.3 is 5.73 Å². The van der Waals surface area contributed by atoms with Gasteiger partial charge in [0.05, 0.1) is 5.92 Å². The quantitative estimate of drug-likeness (QED) is 0.659. The van der Waals surface area contributed by atoms with E-state index in [0.29, 0.717) is 0 Å². The highest BCUT2D eigenvalue weighted by molar-refractivity contribution is 5.84. The first-order valence-electron chi connectivity index (χ1n) is 4.00. The van der Waals surface area contributed by atoms with Crippen molar-refractivity contribution in [2.45, 2.75) is 12.3 Å². The molecule has 0 aliphatic heterocycles. The van der Waals surface area contributed by atoms with Crippen molar-refractivity contribution >= 4 is 5.91 Å². The zero-order chi connectivity index (χ0) is 8.55. The number of carbonyl (C=O) groups excluding carboxylic acids is 1. The van der Waals surface area contributed by atoms with Crippen molar-refractivity contribution in [2.75, 3.05) is 0 Å². The summed E-state index contributed by atoms with van der Waals surface area (Å²) in [7, 11) is 0. The van der Waals surface area contributed by atoms with E-state index in [1.165, 1.54) is 0 Å². The van der Waals surface area contributed by atoms with E-state index in [1.807, 2.05) is 24.3 Å². The summed E-state index contributed by atoms with van der Waals surface area (Å²) in [5.41, 5.74) is 7.48. The fraction of sp³-hybridized carbons (Fsp3) is 0.200. The minimum Gasteiger partial charge on any atom is -0.369 e. The van der Waals surface area contributed by atoms with Gasteiger partial charge in [0.25, 0.3) is 0 Å². The molecule has 12 heavy (non-hydrogen) atoms. The third-order valence-electron chi connectivity index (χ3n) is 2.29. The highest BCUT2D eigenvalue weighted by atomic mass is 16.1. The van der Waals surface area contributed by atoms with Gasteiger partial charge in [-0.2, -0.15) is 0 Å². The van der Waals surface area contributed by atoms with Gasteiger partial charge in [-0.3, -0.25) is 4.79 Å². The molecule has 2 rings (SSSR count). The lowest BCUT2D eigenvalue weighted by atomic mass is 10.0. The molecule has 0 saturated carbocycles. The molecule has 1 aromatic rings. The van der Waals surface area contributed by atoms with Crippen molar-refractivity contribution in [3.63, 3.8) is 0 Å². The number of carbonyl (C=O) groups is 1. The summed E-state index contributed by atoms with van der Waals surface area (Å²) in [4.78, 5) is 11.0. The van der Waals surface area contributed by atoms with Gasteiger partial charge in [-0.25, -0.2) is 0 Å². The SMILES string of the molecule is NC(=O)C1C[CH]c2ccccc21. The lowest BCUT2D eigenvalue weighted by Gasteiger charge is -2.04. The molecule has 1 radical (unpaired) electrons. The van der Waals surface area contributed by atoms with Crippen molar-refractivity contribution in [1.29, 1.82) is 0 Å². The van der Waals surface area contributed by atoms with Crippen LogP contribution in [0.1, 0.15) is 23.5 Å². The zero-order valence-electron chi connectivity index (χ0n) is 6.66. The number of rotatable bonds is 1. The molecule has 0 aromatic heterocycles.